The van der Waals surface area contributed by atoms with Crippen LogP contribution in [0.15, 0.2) is 24.3 Å². The number of halogens is 1. The predicted molar refractivity (Wildman–Crippen MR) is 95.8 cm³/mol. The third-order valence-corrected chi connectivity index (χ3v) is 3.64. The van der Waals surface area contributed by atoms with E-state index in [1.807, 2.05) is 0 Å². The number of nitro groups is 1. The number of rotatable bonds is 6. The molecule has 1 amide bonds. The van der Waals surface area contributed by atoms with E-state index in [0.29, 0.717) is 5.56 Å². The molecule has 0 aliphatic rings. The first-order chi connectivity index (χ1) is 11.9. The average Bonchev–Trinajstić information content (AvgIpc) is 2.51. The molecule has 0 saturated heterocycles. The van der Waals surface area contributed by atoms with Gasteiger partial charge in [-0.2, -0.15) is 0 Å². The highest BCUT2D eigenvalue weighted by molar-refractivity contribution is 6.17. The van der Waals surface area contributed by atoms with Crippen LogP contribution in [-0.4, -0.2) is 28.7 Å². The van der Waals surface area contributed by atoms with Gasteiger partial charge in [-0.05, 0) is 40.2 Å². The lowest BCUT2D eigenvalue weighted by atomic mass is 9.80. The highest BCUT2D eigenvalue weighted by Crippen LogP contribution is 2.35. The zero-order valence-electron chi connectivity index (χ0n) is 15.4. The Morgan fingerprint density at radius 2 is 1.73 bits per heavy atom. The molecule has 1 N–H and O–H groups in total. The Balaban J connectivity index is 3.22. The molecule has 0 spiro atoms. The third kappa shape index (κ3) is 5.87. The van der Waals surface area contributed by atoms with Gasteiger partial charge in [-0.25, -0.2) is 4.79 Å². The molecule has 1 aromatic carbocycles. The number of nitro benzene ring substituents is 1. The molecule has 9 heteroatoms. The Morgan fingerprint density at radius 1 is 1.19 bits per heavy atom. The summed E-state index contributed by atoms with van der Waals surface area (Å²) in [6.07, 6.45) is -0.729. The fourth-order valence-corrected chi connectivity index (χ4v) is 2.35. The lowest BCUT2D eigenvalue weighted by Gasteiger charge is -2.33. The molecule has 1 rings (SSSR count). The quantitative estimate of drug-likeness (QED) is 0.343. The number of hydrogen-bond acceptors (Lipinski definition) is 6. The number of esters is 1. The number of alkyl carbamates (subject to hydrolysis) is 1. The summed E-state index contributed by atoms with van der Waals surface area (Å²) in [5.41, 5.74) is -1.56. The van der Waals surface area contributed by atoms with Crippen molar-refractivity contribution in [3.05, 3.63) is 39.9 Å². The highest BCUT2D eigenvalue weighted by atomic mass is 35.5. The number of carbonyl (C=O) groups excluding carboxylic acids is 2. The van der Waals surface area contributed by atoms with Crippen molar-refractivity contribution in [1.29, 1.82) is 0 Å². The summed E-state index contributed by atoms with van der Waals surface area (Å²) in [6.45, 7) is 8.28. The van der Waals surface area contributed by atoms with Crippen molar-refractivity contribution in [2.45, 2.75) is 46.3 Å². The molecule has 0 bridgehead atoms. The van der Waals surface area contributed by atoms with Crippen molar-refractivity contribution in [2.75, 3.05) is 6.07 Å². The van der Waals surface area contributed by atoms with Crippen LogP contribution in [0.4, 0.5) is 10.5 Å². The number of nitrogens with zero attached hydrogens (tertiary/aromatic N) is 1. The average molecular weight is 387 g/mol. The van der Waals surface area contributed by atoms with Gasteiger partial charge in [0.25, 0.3) is 5.69 Å². The lowest BCUT2D eigenvalue weighted by Crippen LogP contribution is -2.44. The van der Waals surface area contributed by atoms with Crippen LogP contribution in [0.1, 0.15) is 46.2 Å². The van der Waals surface area contributed by atoms with Crippen LogP contribution in [0.5, 0.6) is 0 Å². The standard InChI is InChI=1S/C17H23ClN2O6/c1-16(2,3)26-15(22)19-13(17(4,5)14(21)25-10-18)11-6-8-12(9-7-11)20(23)24/h6-9,13H,10H2,1-5H3,(H,19,22). The van der Waals surface area contributed by atoms with E-state index in [1.54, 1.807) is 34.6 Å². The van der Waals surface area contributed by atoms with Gasteiger partial charge in [0.2, 0.25) is 0 Å². The highest BCUT2D eigenvalue weighted by Gasteiger charge is 2.41. The predicted octanol–water partition coefficient (Wildman–Crippen LogP) is 3.93. The van der Waals surface area contributed by atoms with Crippen molar-refractivity contribution in [3.8, 4) is 0 Å². The van der Waals surface area contributed by atoms with Gasteiger partial charge in [0.1, 0.15) is 5.60 Å². The minimum Gasteiger partial charge on any atom is -0.449 e. The van der Waals surface area contributed by atoms with Gasteiger partial charge in [0, 0.05) is 12.1 Å². The first-order valence-electron chi connectivity index (χ1n) is 7.85. The largest absolute Gasteiger partial charge is 0.449 e. The number of amides is 1. The minimum atomic E-state index is -1.21. The van der Waals surface area contributed by atoms with Crippen LogP contribution in [0.2, 0.25) is 0 Å². The number of hydrogen-bond donors (Lipinski definition) is 1. The summed E-state index contributed by atoms with van der Waals surface area (Å²) in [7, 11) is 0. The van der Waals surface area contributed by atoms with E-state index >= 15 is 0 Å². The normalized spacial score (nSPS) is 12.8. The molecule has 0 aromatic heterocycles. The van der Waals surface area contributed by atoms with E-state index in [-0.39, 0.29) is 11.8 Å². The molecule has 1 unspecified atom stereocenters. The second-order valence-electron chi connectivity index (χ2n) is 7.19. The van der Waals surface area contributed by atoms with Crippen molar-refractivity contribution >= 4 is 29.4 Å². The summed E-state index contributed by atoms with van der Waals surface area (Å²) in [5, 5.41) is 13.5. The second kappa shape index (κ2) is 8.35. The maximum absolute atomic E-state index is 12.3. The first kappa shape index (κ1) is 21.7. The first-order valence-corrected chi connectivity index (χ1v) is 8.39. The summed E-state index contributed by atoms with van der Waals surface area (Å²) in [4.78, 5) is 34.8. The van der Waals surface area contributed by atoms with Crippen LogP contribution in [0.3, 0.4) is 0 Å². The Morgan fingerprint density at radius 3 is 2.15 bits per heavy atom. The number of nitrogens with one attached hydrogen (secondary N) is 1. The van der Waals surface area contributed by atoms with Crippen LogP contribution in [-0.2, 0) is 14.3 Å². The van der Waals surface area contributed by atoms with Crippen LogP contribution >= 0.6 is 11.6 Å². The zero-order chi connectivity index (χ0) is 20.1. The number of carbonyl (C=O) groups is 2. The second-order valence-corrected chi connectivity index (χ2v) is 7.41. The SMILES string of the molecule is CC(C)(C)OC(=O)NC(c1ccc([N+](=O)[O-])cc1)C(C)(C)C(=O)OCCl. The van der Waals surface area contributed by atoms with Crippen LogP contribution < -0.4 is 5.32 Å². The fourth-order valence-electron chi connectivity index (χ4n) is 2.25. The smallest absolute Gasteiger partial charge is 0.408 e. The van der Waals surface area contributed by atoms with Crippen molar-refractivity contribution < 1.29 is 24.0 Å². The van der Waals surface area contributed by atoms with E-state index in [2.05, 4.69) is 5.32 Å². The van der Waals surface area contributed by atoms with Crippen LogP contribution in [0, 0.1) is 15.5 Å². The van der Waals surface area contributed by atoms with E-state index in [9.17, 15) is 19.7 Å². The topological polar surface area (TPSA) is 108 Å². The van der Waals surface area contributed by atoms with Gasteiger partial charge in [-0.1, -0.05) is 23.7 Å². The van der Waals surface area contributed by atoms with Gasteiger partial charge in [0.15, 0.2) is 6.07 Å². The van der Waals surface area contributed by atoms with Gasteiger partial charge in [-0.3, -0.25) is 14.9 Å². The minimum absolute atomic E-state index is 0.106. The monoisotopic (exact) mass is 386 g/mol. The van der Waals surface area contributed by atoms with E-state index in [1.165, 1.54) is 24.3 Å². The molecule has 1 atom stereocenters. The van der Waals surface area contributed by atoms with Gasteiger partial charge in [-0.15, -0.1) is 0 Å². The Bertz CT molecular complexity index is 667. The molecule has 0 heterocycles. The molecular formula is C17H23ClN2O6. The molecule has 0 saturated carbocycles. The molecule has 8 nitrogen and oxygen atoms in total. The molecule has 144 valence electrons. The molecule has 0 fully saturated rings. The van der Waals surface area contributed by atoms with Crippen molar-refractivity contribution in [3.63, 3.8) is 0 Å². The number of ether oxygens (including phenoxy) is 2. The number of non-ortho nitro benzene ring substituents is 1. The molecular weight excluding hydrogens is 364 g/mol. The Kier molecular flexibility index (Phi) is 6.97. The van der Waals surface area contributed by atoms with Gasteiger partial charge in [0.05, 0.1) is 16.4 Å². The van der Waals surface area contributed by atoms with Crippen molar-refractivity contribution in [1.82, 2.24) is 5.32 Å². The van der Waals surface area contributed by atoms with E-state index < -0.39 is 34.0 Å². The molecule has 0 radical (unpaired) electrons. The summed E-state index contributed by atoms with van der Waals surface area (Å²) in [6, 6.07) is 4.34. The molecule has 0 aliphatic carbocycles. The maximum atomic E-state index is 12.3. The zero-order valence-corrected chi connectivity index (χ0v) is 16.1. The Labute approximate surface area is 157 Å². The van der Waals surface area contributed by atoms with Crippen molar-refractivity contribution in [2.24, 2.45) is 5.41 Å². The van der Waals surface area contributed by atoms with E-state index in [0.717, 1.165) is 0 Å². The fraction of sp³-hybridized carbons (Fsp3) is 0.529. The molecule has 26 heavy (non-hydrogen) atoms. The lowest BCUT2D eigenvalue weighted by molar-refractivity contribution is -0.384. The third-order valence-electron chi connectivity index (χ3n) is 3.53. The van der Waals surface area contributed by atoms with Crippen LogP contribution in [0.25, 0.3) is 0 Å². The summed E-state index contributed by atoms with van der Waals surface area (Å²) in [5.74, 6) is -0.632. The molecule has 0 aliphatic heterocycles. The molecule has 1 aromatic rings. The number of benzene rings is 1. The summed E-state index contributed by atoms with van der Waals surface area (Å²) < 4.78 is 10.1. The Hall–Kier alpha value is -2.35. The maximum Gasteiger partial charge on any atom is 0.408 e. The van der Waals surface area contributed by atoms with Gasteiger partial charge < -0.3 is 14.8 Å². The summed E-state index contributed by atoms with van der Waals surface area (Å²) >= 11 is 5.47. The number of alkyl halides is 1. The van der Waals surface area contributed by atoms with E-state index in [4.69, 9.17) is 21.1 Å². The van der Waals surface area contributed by atoms with Gasteiger partial charge >= 0.3 is 12.1 Å².